The molecule has 59 valence electrons. The molecule has 12 heavy (non-hydrogen) atoms. The van der Waals surface area contributed by atoms with E-state index in [0.29, 0.717) is 5.56 Å². The molecular formula is C8H5N2O2. The zero-order valence-corrected chi connectivity index (χ0v) is 6.15. The molecule has 0 fully saturated rings. The van der Waals surface area contributed by atoms with Crippen LogP contribution in [0.3, 0.4) is 0 Å². The van der Waals surface area contributed by atoms with E-state index in [1.54, 1.807) is 0 Å². The number of benzene rings is 1. The van der Waals surface area contributed by atoms with E-state index in [4.69, 9.17) is 5.26 Å². The first kappa shape index (κ1) is 8.21. The molecule has 0 saturated carbocycles. The normalized spacial score (nSPS) is 9.00. The van der Waals surface area contributed by atoms with Crippen LogP contribution in [0, 0.1) is 28.4 Å². The Morgan fingerprint density at radius 2 is 2.25 bits per heavy atom. The van der Waals surface area contributed by atoms with E-state index < -0.39 is 4.92 Å². The van der Waals surface area contributed by atoms with E-state index in [2.05, 4.69) is 6.92 Å². The van der Waals surface area contributed by atoms with Crippen molar-refractivity contribution in [2.24, 2.45) is 0 Å². The first-order valence-electron chi connectivity index (χ1n) is 3.15. The van der Waals surface area contributed by atoms with Gasteiger partial charge in [0, 0.05) is 11.6 Å². The predicted molar refractivity (Wildman–Crippen MR) is 42.3 cm³/mol. The van der Waals surface area contributed by atoms with Crippen LogP contribution >= 0.6 is 0 Å². The van der Waals surface area contributed by atoms with Gasteiger partial charge in [-0.3, -0.25) is 10.1 Å². The highest BCUT2D eigenvalue weighted by molar-refractivity contribution is 5.48. The Kier molecular flexibility index (Phi) is 2.06. The van der Waals surface area contributed by atoms with E-state index in [1.807, 2.05) is 6.07 Å². The lowest BCUT2D eigenvalue weighted by Crippen LogP contribution is -1.91. The second-order valence-corrected chi connectivity index (χ2v) is 2.21. The smallest absolute Gasteiger partial charge is 0.258 e. The maximum atomic E-state index is 10.3. The molecule has 4 nitrogen and oxygen atoms in total. The molecule has 4 heteroatoms. The first-order valence-corrected chi connectivity index (χ1v) is 3.15. The van der Waals surface area contributed by atoms with Gasteiger partial charge in [-0.1, -0.05) is 6.07 Å². The van der Waals surface area contributed by atoms with Crippen molar-refractivity contribution in [2.45, 2.75) is 0 Å². The van der Waals surface area contributed by atoms with Crippen molar-refractivity contribution in [3.8, 4) is 6.07 Å². The number of nitro benzene ring substituents is 1. The molecule has 0 unspecified atom stereocenters. The maximum Gasteiger partial charge on any atom is 0.273 e. The number of nitrogens with zero attached hydrogens (tertiary/aromatic N) is 2. The van der Waals surface area contributed by atoms with Gasteiger partial charge in [-0.25, -0.2) is 0 Å². The van der Waals surface area contributed by atoms with E-state index in [0.717, 1.165) is 0 Å². The maximum absolute atomic E-state index is 10.3. The van der Waals surface area contributed by atoms with Gasteiger partial charge in [0.1, 0.15) is 0 Å². The van der Waals surface area contributed by atoms with E-state index in [1.165, 1.54) is 18.2 Å². The molecule has 0 N–H and O–H groups in total. The minimum Gasteiger partial charge on any atom is -0.258 e. The third-order valence-electron chi connectivity index (χ3n) is 1.41. The van der Waals surface area contributed by atoms with Gasteiger partial charge in [0.05, 0.1) is 16.6 Å². The van der Waals surface area contributed by atoms with Crippen LogP contribution in [-0.4, -0.2) is 4.92 Å². The first-order chi connectivity index (χ1) is 5.65. The van der Waals surface area contributed by atoms with Crippen LogP contribution in [0.25, 0.3) is 0 Å². The highest BCUT2D eigenvalue weighted by atomic mass is 16.6. The van der Waals surface area contributed by atoms with Gasteiger partial charge >= 0.3 is 0 Å². The molecule has 0 aromatic heterocycles. The van der Waals surface area contributed by atoms with Crippen molar-refractivity contribution < 1.29 is 4.92 Å². The quantitative estimate of drug-likeness (QED) is 0.464. The number of rotatable bonds is 1. The predicted octanol–water partition coefficient (Wildman–Crippen LogP) is 1.65. The lowest BCUT2D eigenvalue weighted by molar-refractivity contribution is -0.385. The van der Waals surface area contributed by atoms with Crippen LogP contribution in [0.4, 0.5) is 5.69 Å². The van der Waals surface area contributed by atoms with Crippen LogP contribution < -0.4 is 0 Å². The van der Waals surface area contributed by atoms with Crippen LogP contribution in [-0.2, 0) is 0 Å². The second kappa shape index (κ2) is 3.01. The van der Waals surface area contributed by atoms with Crippen molar-refractivity contribution in [3.63, 3.8) is 0 Å². The van der Waals surface area contributed by atoms with Crippen LogP contribution in [0.5, 0.6) is 0 Å². The summed E-state index contributed by atoms with van der Waals surface area (Å²) in [5.41, 5.74) is 0.474. The summed E-state index contributed by atoms with van der Waals surface area (Å²) in [7, 11) is 0. The average Bonchev–Trinajstić information content (AvgIpc) is 2.05. The largest absolute Gasteiger partial charge is 0.273 e. The van der Waals surface area contributed by atoms with Crippen LogP contribution in [0.1, 0.15) is 11.1 Å². The lowest BCUT2D eigenvalue weighted by atomic mass is 10.1. The summed E-state index contributed by atoms with van der Waals surface area (Å²) in [4.78, 5) is 9.79. The minimum atomic E-state index is -0.552. The molecule has 0 saturated heterocycles. The molecule has 1 rings (SSSR count). The average molecular weight is 161 g/mol. The molecule has 1 radical (unpaired) electrons. The van der Waals surface area contributed by atoms with Crippen molar-refractivity contribution in [1.82, 2.24) is 0 Å². The van der Waals surface area contributed by atoms with E-state index in [9.17, 15) is 10.1 Å². The van der Waals surface area contributed by atoms with Crippen molar-refractivity contribution >= 4 is 5.69 Å². The van der Waals surface area contributed by atoms with Gasteiger partial charge in [-0.15, -0.1) is 0 Å². The summed E-state index contributed by atoms with van der Waals surface area (Å²) in [5.74, 6) is 0. The third-order valence-corrected chi connectivity index (χ3v) is 1.41. The number of nitriles is 1. The van der Waals surface area contributed by atoms with E-state index >= 15 is 0 Å². The van der Waals surface area contributed by atoms with Gasteiger partial charge in [0.2, 0.25) is 0 Å². The molecule has 0 aliphatic carbocycles. The fraction of sp³-hybridized carbons (Fsp3) is 0. The molecule has 1 aromatic carbocycles. The summed E-state index contributed by atoms with van der Waals surface area (Å²) in [5, 5.41) is 18.8. The molecule has 0 bridgehead atoms. The molecule has 0 heterocycles. The monoisotopic (exact) mass is 161 g/mol. The highest BCUT2D eigenvalue weighted by Gasteiger charge is 2.10. The Labute approximate surface area is 69.2 Å². The van der Waals surface area contributed by atoms with Gasteiger partial charge < -0.3 is 0 Å². The van der Waals surface area contributed by atoms with Crippen molar-refractivity contribution in [3.05, 3.63) is 46.4 Å². The van der Waals surface area contributed by atoms with Crippen molar-refractivity contribution in [1.29, 1.82) is 5.26 Å². The number of nitro groups is 1. The zero-order chi connectivity index (χ0) is 9.14. The Morgan fingerprint density at radius 1 is 1.58 bits per heavy atom. The lowest BCUT2D eigenvalue weighted by Gasteiger charge is -1.95. The summed E-state index contributed by atoms with van der Waals surface area (Å²) >= 11 is 0. The fourth-order valence-electron chi connectivity index (χ4n) is 0.803. The number of hydrogen-bond acceptors (Lipinski definition) is 3. The molecule has 1 aromatic rings. The van der Waals surface area contributed by atoms with Crippen molar-refractivity contribution in [2.75, 3.05) is 0 Å². The Balaban J connectivity index is 3.28. The molecule has 0 aliphatic rings. The van der Waals surface area contributed by atoms with Gasteiger partial charge in [0.15, 0.2) is 0 Å². The molecule has 0 spiro atoms. The molecule has 0 aliphatic heterocycles. The molecular weight excluding hydrogens is 156 g/mol. The van der Waals surface area contributed by atoms with E-state index in [-0.39, 0.29) is 11.3 Å². The summed E-state index contributed by atoms with van der Waals surface area (Å²) in [6.45, 7) is 3.47. The van der Waals surface area contributed by atoms with Crippen LogP contribution in [0.15, 0.2) is 18.2 Å². The molecule has 0 atom stereocenters. The summed E-state index contributed by atoms with van der Waals surface area (Å²) in [6.07, 6.45) is 0. The van der Waals surface area contributed by atoms with Gasteiger partial charge in [0.25, 0.3) is 5.69 Å². The Hall–Kier alpha value is -1.89. The van der Waals surface area contributed by atoms with Gasteiger partial charge in [-0.05, 0) is 13.0 Å². The SMILES string of the molecule is [CH2]c1ccc(C#N)cc1[N+](=O)[O-]. The standard InChI is InChI=1S/C8H5N2O2/c1-6-2-3-7(5-9)4-8(6)10(11)12/h2-4H,1H2. The third kappa shape index (κ3) is 1.40. The Bertz CT molecular complexity index is 366. The number of hydrogen-bond donors (Lipinski definition) is 0. The second-order valence-electron chi connectivity index (χ2n) is 2.21. The minimum absolute atomic E-state index is 0.117. The summed E-state index contributed by atoms with van der Waals surface area (Å²) in [6, 6.07) is 5.98. The zero-order valence-electron chi connectivity index (χ0n) is 6.15. The van der Waals surface area contributed by atoms with Crippen LogP contribution in [0.2, 0.25) is 0 Å². The Morgan fingerprint density at radius 3 is 2.75 bits per heavy atom. The topological polar surface area (TPSA) is 66.9 Å². The fourth-order valence-corrected chi connectivity index (χ4v) is 0.803. The van der Waals surface area contributed by atoms with Gasteiger partial charge in [-0.2, -0.15) is 5.26 Å². The molecule has 0 amide bonds. The summed E-state index contributed by atoms with van der Waals surface area (Å²) < 4.78 is 0. The highest BCUT2D eigenvalue weighted by Crippen LogP contribution is 2.18.